The van der Waals surface area contributed by atoms with Gasteiger partial charge in [-0.15, -0.1) is 0 Å². The summed E-state index contributed by atoms with van der Waals surface area (Å²) in [6, 6.07) is 2.27. The van der Waals surface area contributed by atoms with Gasteiger partial charge < -0.3 is 24.4 Å². The number of nitrogens with zero attached hydrogens (tertiary/aromatic N) is 1. The summed E-state index contributed by atoms with van der Waals surface area (Å²) in [5, 5.41) is 2.69. The Morgan fingerprint density at radius 3 is 2.07 bits per heavy atom. The van der Waals surface area contributed by atoms with Crippen LogP contribution in [0, 0.1) is 11.6 Å². The fourth-order valence-electron chi connectivity index (χ4n) is 2.99. The van der Waals surface area contributed by atoms with Crippen molar-refractivity contribution in [1.82, 2.24) is 10.2 Å². The Bertz CT molecular complexity index is 793. The Morgan fingerprint density at radius 2 is 1.59 bits per heavy atom. The Kier molecular flexibility index (Phi) is 6.02. The van der Waals surface area contributed by atoms with Crippen molar-refractivity contribution in [2.24, 2.45) is 0 Å². The number of rotatable bonds is 3. The average molecular weight is 414 g/mol. The minimum absolute atomic E-state index is 0.0252. The summed E-state index contributed by atoms with van der Waals surface area (Å²) in [7, 11) is 1.20. The first-order valence-electron chi connectivity index (χ1n) is 9.19. The molecule has 1 aliphatic heterocycles. The second-order valence-electron chi connectivity index (χ2n) is 8.99. The first-order chi connectivity index (χ1) is 13.2. The van der Waals surface area contributed by atoms with Crippen LogP contribution in [0.3, 0.4) is 0 Å². The molecule has 1 aliphatic rings. The molecule has 1 saturated heterocycles. The van der Waals surface area contributed by atoms with E-state index in [1.165, 1.54) is 18.1 Å². The number of nitrogens with one attached hydrogen (secondary N) is 1. The molecule has 162 valence electrons. The summed E-state index contributed by atoms with van der Waals surface area (Å²) in [6.45, 7) is 10.2. The fourth-order valence-corrected chi connectivity index (χ4v) is 2.99. The topological polar surface area (TPSA) is 77.1 Å². The molecule has 29 heavy (non-hydrogen) atoms. The highest BCUT2D eigenvalue weighted by atomic mass is 19.2. The number of carbonyl (C=O) groups is 2. The fraction of sp³-hybridized carbons (Fsp3) is 0.600. The van der Waals surface area contributed by atoms with Crippen LogP contribution in [0.4, 0.5) is 18.4 Å². The summed E-state index contributed by atoms with van der Waals surface area (Å²) in [5.74, 6) is -2.60. The van der Waals surface area contributed by atoms with Gasteiger partial charge >= 0.3 is 12.2 Å². The zero-order valence-corrected chi connectivity index (χ0v) is 17.8. The number of likely N-dealkylation sites (tertiary alicyclic amines) is 1. The van der Waals surface area contributed by atoms with Crippen molar-refractivity contribution < 1.29 is 32.6 Å². The Morgan fingerprint density at radius 1 is 1.03 bits per heavy atom. The van der Waals surface area contributed by atoms with E-state index in [1.807, 2.05) is 0 Å². The van der Waals surface area contributed by atoms with E-state index in [4.69, 9.17) is 14.2 Å². The van der Waals surface area contributed by atoms with Gasteiger partial charge in [0, 0.05) is 5.56 Å². The maximum absolute atomic E-state index is 14.3. The van der Waals surface area contributed by atoms with Crippen LogP contribution in [0.25, 0.3) is 0 Å². The number of methoxy groups -OCH3 is 1. The molecule has 1 aromatic carbocycles. The normalized spacial score (nSPS) is 16.0. The van der Waals surface area contributed by atoms with Crippen molar-refractivity contribution in [2.45, 2.75) is 58.3 Å². The third kappa shape index (κ3) is 5.27. The second-order valence-corrected chi connectivity index (χ2v) is 8.99. The van der Waals surface area contributed by atoms with Crippen LogP contribution in [-0.4, -0.2) is 48.5 Å². The zero-order chi connectivity index (χ0) is 22.2. The van der Waals surface area contributed by atoms with Crippen LogP contribution in [0.2, 0.25) is 0 Å². The summed E-state index contributed by atoms with van der Waals surface area (Å²) < 4.78 is 43.7. The Labute approximate surface area is 169 Å². The van der Waals surface area contributed by atoms with Gasteiger partial charge in [-0.05, 0) is 53.7 Å². The van der Waals surface area contributed by atoms with Gasteiger partial charge in [0.1, 0.15) is 16.7 Å². The highest BCUT2D eigenvalue weighted by molar-refractivity contribution is 5.74. The molecule has 7 nitrogen and oxygen atoms in total. The molecule has 0 aliphatic carbocycles. The molecule has 0 aromatic heterocycles. The van der Waals surface area contributed by atoms with Gasteiger partial charge in [0.2, 0.25) is 5.82 Å². The van der Waals surface area contributed by atoms with Crippen LogP contribution in [0.1, 0.15) is 47.1 Å². The number of alkyl carbamates (subject to hydrolysis) is 1. The van der Waals surface area contributed by atoms with E-state index in [1.54, 1.807) is 41.5 Å². The quantitative estimate of drug-likeness (QED) is 0.811. The molecular formula is C20H28F2N2O5. The van der Waals surface area contributed by atoms with E-state index >= 15 is 0 Å². The highest BCUT2D eigenvalue weighted by Gasteiger charge is 2.51. The van der Waals surface area contributed by atoms with Gasteiger partial charge in [-0.1, -0.05) is 0 Å². The molecule has 1 N–H and O–H groups in total. The van der Waals surface area contributed by atoms with Crippen molar-refractivity contribution in [3.8, 4) is 5.75 Å². The standard InChI is InChI=1S/C20H28F2N2O5/c1-18(2,3)28-16(25)23-20(10-24(11-20)17(26)29-19(4,5)6)12-8-9-13(21)14(22)15(12)27-7/h8-9H,10-11H2,1-7H3,(H,23,25). The average Bonchev–Trinajstić information content (AvgIpc) is 2.49. The molecule has 1 heterocycles. The second kappa shape index (κ2) is 7.68. The Balaban J connectivity index is 2.36. The number of hydrogen-bond donors (Lipinski definition) is 1. The number of halogens is 2. The Hall–Kier alpha value is -2.58. The number of carbonyl (C=O) groups excluding carboxylic acids is 2. The number of hydrogen-bond acceptors (Lipinski definition) is 5. The molecule has 2 amide bonds. The van der Waals surface area contributed by atoms with Gasteiger partial charge in [-0.2, -0.15) is 4.39 Å². The maximum Gasteiger partial charge on any atom is 0.410 e. The van der Waals surface area contributed by atoms with Gasteiger partial charge in [-0.25, -0.2) is 14.0 Å². The van der Waals surface area contributed by atoms with E-state index in [0.29, 0.717) is 0 Å². The molecule has 0 radical (unpaired) electrons. The summed E-state index contributed by atoms with van der Waals surface area (Å²) in [4.78, 5) is 26.1. The summed E-state index contributed by atoms with van der Waals surface area (Å²) in [6.07, 6.45) is -1.34. The van der Waals surface area contributed by atoms with E-state index < -0.39 is 40.6 Å². The third-order valence-electron chi connectivity index (χ3n) is 4.08. The van der Waals surface area contributed by atoms with Crippen LogP contribution in [-0.2, 0) is 15.0 Å². The maximum atomic E-state index is 14.3. The van der Waals surface area contributed by atoms with E-state index in [-0.39, 0.29) is 24.4 Å². The predicted molar refractivity (Wildman–Crippen MR) is 102 cm³/mol. The minimum atomic E-state index is -1.22. The number of ether oxygens (including phenoxy) is 3. The molecule has 1 aromatic rings. The smallest absolute Gasteiger partial charge is 0.410 e. The van der Waals surface area contributed by atoms with Crippen LogP contribution < -0.4 is 10.1 Å². The minimum Gasteiger partial charge on any atom is -0.493 e. The molecule has 1 fully saturated rings. The lowest BCUT2D eigenvalue weighted by Gasteiger charge is -2.50. The number of amides is 2. The van der Waals surface area contributed by atoms with Crippen LogP contribution >= 0.6 is 0 Å². The van der Waals surface area contributed by atoms with Crippen LogP contribution in [0.5, 0.6) is 5.75 Å². The first kappa shape index (κ1) is 22.7. The summed E-state index contributed by atoms with van der Waals surface area (Å²) in [5.41, 5.74) is -2.49. The molecule has 0 spiro atoms. The molecular weight excluding hydrogens is 386 g/mol. The molecule has 0 atom stereocenters. The largest absolute Gasteiger partial charge is 0.493 e. The molecule has 9 heteroatoms. The lowest BCUT2D eigenvalue weighted by molar-refractivity contribution is -0.0236. The van der Waals surface area contributed by atoms with E-state index in [2.05, 4.69) is 5.32 Å². The lowest BCUT2D eigenvalue weighted by Crippen LogP contribution is -2.69. The van der Waals surface area contributed by atoms with Crippen molar-refractivity contribution >= 4 is 12.2 Å². The van der Waals surface area contributed by atoms with Gasteiger partial charge in [0.15, 0.2) is 11.6 Å². The lowest BCUT2D eigenvalue weighted by atomic mass is 9.81. The van der Waals surface area contributed by atoms with Crippen molar-refractivity contribution in [2.75, 3.05) is 20.2 Å². The van der Waals surface area contributed by atoms with Gasteiger partial charge in [0.05, 0.1) is 20.2 Å². The number of benzene rings is 1. The third-order valence-corrected chi connectivity index (χ3v) is 4.08. The predicted octanol–water partition coefficient (Wildman–Crippen LogP) is 3.94. The van der Waals surface area contributed by atoms with Gasteiger partial charge in [-0.3, -0.25) is 0 Å². The molecule has 0 bridgehead atoms. The van der Waals surface area contributed by atoms with Crippen molar-refractivity contribution in [3.63, 3.8) is 0 Å². The first-order valence-corrected chi connectivity index (χ1v) is 9.19. The van der Waals surface area contributed by atoms with Crippen LogP contribution in [0.15, 0.2) is 12.1 Å². The molecule has 2 rings (SSSR count). The van der Waals surface area contributed by atoms with Crippen molar-refractivity contribution in [1.29, 1.82) is 0 Å². The molecule has 0 unspecified atom stereocenters. The zero-order valence-electron chi connectivity index (χ0n) is 17.8. The summed E-state index contributed by atoms with van der Waals surface area (Å²) >= 11 is 0. The SMILES string of the molecule is COc1c(C2(NC(=O)OC(C)(C)C)CN(C(=O)OC(C)(C)C)C2)ccc(F)c1F. The molecule has 0 saturated carbocycles. The van der Waals surface area contributed by atoms with Crippen molar-refractivity contribution in [3.05, 3.63) is 29.3 Å². The monoisotopic (exact) mass is 414 g/mol. The van der Waals surface area contributed by atoms with Gasteiger partial charge in [0.25, 0.3) is 0 Å². The van der Waals surface area contributed by atoms with E-state index in [0.717, 1.165) is 6.07 Å². The highest BCUT2D eigenvalue weighted by Crippen LogP contribution is 2.40. The van der Waals surface area contributed by atoms with E-state index in [9.17, 15) is 18.4 Å².